The number of hydrogen-bond acceptors (Lipinski definition) is 7. The van der Waals surface area contributed by atoms with Crippen molar-refractivity contribution in [3.05, 3.63) is 87.4 Å². The highest BCUT2D eigenvalue weighted by atomic mass is 35.5. The third-order valence-corrected chi connectivity index (χ3v) is 7.63. The number of anilines is 1. The van der Waals surface area contributed by atoms with Crippen LogP contribution in [0.1, 0.15) is 28.3 Å². The van der Waals surface area contributed by atoms with Crippen LogP contribution in [0.4, 0.5) is 5.13 Å². The molecular formula is C27H21ClN2O5S. The van der Waals surface area contributed by atoms with E-state index < -0.39 is 23.5 Å². The molecule has 0 spiro atoms. The normalized spacial score (nSPS) is 17.2. The Morgan fingerprint density at radius 1 is 1.06 bits per heavy atom. The van der Waals surface area contributed by atoms with Crippen molar-refractivity contribution >= 4 is 55.7 Å². The van der Waals surface area contributed by atoms with Crippen LogP contribution in [0.2, 0.25) is 5.02 Å². The number of carbonyl (C=O) groups excluding carboxylic acids is 2. The third-order valence-electron chi connectivity index (χ3n) is 6.28. The van der Waals surface area contributed by atoms with Gasteiger partial charge >= 0.3 is 5.91 Å². The number of hydrogen-bond donors (Lipinski definition) is 2. The Kier molecular flexibility index (Phi) is 5.94. The number of phenols is 1. The molecule has 36 heavy (non-hydrogen) atoms. The molecule has 0 saturated carbocycles. The molecule has 7 nitrogen and oxygen atoms in total. The summed E-state index contributed by atoms with van der Waals surface area (Å²) in [4.78, 5) is 32.8. The Morgan fingerprint density at radius 2 is 1.75 bits per heavy atom. The lowest BCUT2D eigenvalue weighted by atomic mass is 9.95. The zero-order chi connectivity index (χ0) is 25.7. The quantitative estimate of drug-likeness (QED) is 0.197. The predicted octanol–water partition coefficient (Wildman–Crippen LogP) is 5.91. The minimum Gasteiger partial charge on any atom is -0.508 e. The van der Waals surface area contributed by atoms with E-state index in [4.69, 9.17) is 16.3 Å². The van der Waals surface area contributed by atoms with Gasteiger partial charge in [0, 0.05) is 5.56 Å². The molecular weight excluding hydrogens is 500 g/mol. The fourth-order valence-electron chi connectivity index (χ4n) is 4.23. The lowest BCUT2D eigenvalue weighted by Gasteiger charge is -2.23. The van der Waals surface area contributed by atoms with Gasteiger partial charge < -0.3 is 14.9 Å². The average molecular weight is 521 g/mol. The topological polar surface area (TPSA) is 100.0 Å². The number of carbonyl (C=O) groups is 2. The number of aliphatic hydroxyl groups is 1. The van der Waals surface area contributed by atoms with Gasteiger partial charge in [-0.15, -0.1) is 0 Å². The molecule has 0 radical (unpaired) electrons. The average Bonchev–Trinajstić information content (AvgIpc) is 3.37. The summed E-state index contributed by atoms with van der Waals surface area (Å²) < 4.78 is 6.12. The number of Topliss-reactive ketones (excluding diaryl/α,β-unsaturated/α-hetero) is 1. The Morgan fingerprint density at radius 3 is 2.44 bits per heavy atom. The number of thiazole rings is 1. The molecule has 9 heteroatoms. The first kappa shape index (κ1) is 23.8. The van der Waals surface area contributed by atoms with Crippen molar-refractivity contribution in [1.29, 1.82) is 0 Å². The first-order chi connectivity index (χ1) is 17.2. The van der Waals surface area contributed by atoms with E-state index >= 15 is 0 Å². The van der Waals surface area contributed by atoms with Crippen molar-refractivity contribution in [3.8, 4) is 11.5 Å². The van der Waals surface area contributed by atoms with E-state index in [0.717, 1.165) is 15.8 Å². The van der Waals surface area contributed by atoms with E-state index in [1.165, 1.54) is 41.5 Å². The maximum atomic E-state index is 13.4. The number of ether oxygens (including phenoxy) is 1. The summed E-state index contributed by atoms with van der Waals surface area (Å²) in [6.45, 7) is 3.98. The number of ketones is 1. The van der Waals surface area contributed by atoms with Crippen molar-refractivity contribution in [2.24, 2.45) is 0 Å². The summed E-state index contributed by atoms with van der Waals surface area (Å²) in [6, 6.07) is 13.7. The summed E-state index contributed by atoms with van der Waals surface area (Å²) in [7, 11) is 1.47. The maximum Gasteiger partial charge on any atom is 0.301 e. The number of aryl methyl sites for hydroxylation is 2. The molecule has 3 aromatic carbocycles. The van der Waals surface area contributed by atoms with Gasteiger partial charge in [-0.25, -0.2) is 4.98 Å². The van der Waals surface area contributed by atoms with Gasteiger partial charge in [0.25, 0.3) is 5.78 Å². The molecule has 1 atom stereocenters. The number of aliphatic hydroxyl groups excluding tert-OH is 1. The Bertz CT molecular complexity index is 1540. The van der Waals surface area contributed by atoms with E-state index in [1.54, 1.807) is 24.3 Å². The number of aromatic hydroxyl groups is 1. The van der Waals surface area contributed by atoms with Crippen LogP contribution in [-0.4, -0.2) is 34.0 Å². The molecule has 1 unspecified atom stereocenters. The van der Waals surface area contributed by atoms with Crippen LogP contribution in [-0.2, 0) is 9.59 Å². The van der Waals surface area contributed by atoms with Crippen molar-refractivity contribution in [3.63, 3.8) is 0 Å². The van der Waals surface area contributed by atoms with E-state index in [0.29, 0.717) is 22.0 Å². The van der Waals surface area contributed by atoms with Crippen LogP contribution in [0.15, 0.2) is 60.2 Å². The summed E-state index contributed by atoms with van der Waals surface area (Å²) >= 11 is 7.64. The molecule has 2 N–H and O–H groups in total. The standard InChI is InChI=1S/C27H21ClN2O5S/c1-13-10-20-21(11-14(13)2)36-27(29-20)30-23(15-4-6-16(31)7-5-15)22(25(33)26(30)34)24(32)18-12-17(35-3)8-9-19(18)28/h4-12,23,31-32H,1-3H3/b24-22+. The lowest BCUT2D eigenvalue weighted by Crippen LogP contribution is -2.29. The van der Waals surface area contributed by atoms with Crippen molar-refractivity contribution in [2.45, 2.75) is 19.9 Å². The number of amides is 1. The Balaban J connectivity index is 1.75. The third kappa shape index (κ3) is 3.88. The largest absolute Gasteiger partial charge is 0.508 e. The van der Waals surface area contributed by atoms with Crippen molar-refractivity contribution in [1.82, 2.24) is 4.98 Å². The second-order valence-electron chi connectivity index (χ2n) is 8.51. The van der Waals surface area contributed by atoms with Crippen LogP contribution < -0.4 is 9.64 Å². The zero-order valence-corrected chi connectivity index (χ0v) is 21.1. The maximum absolute atomic E-state index is 13.4. The highest BCUT2D eigenvalue weighted by Crippen LogP contribution is 2.45. The molecule has 1 amide bonds. The van der Waals surface area contributed by atoms with Crippen molar-refractivity contribution < 1.29 is 24.5 Å². The summed E-state index contributed by atoms with van der Waals surface area (Å²) in [5.74, 6) is -1.66. The number of rotatable bonds is 4. The van der Waals surface area contributed by atoms with Gasteiger partial charge in [-0.05, 0) is 73.0 Å². The molecule has 1 aromatic heterocycles. The molecule has 1 aliphatic heterocycles. The minimum absolute atomic E-state index is 0.0254. The van der Waals surface area contributed by atoms with Gasteiger partial charge in [0.2, 0.25) is 0 Å². The van der Waals surface area contributed by atoms with Gasteiger partial charge in [0.1, 0.15) is 17.3 Å². The number of methoxy groups -OCH3 is 1. The predicted molar refractivity (Wildman–Crippen MR) is 140 cm³/mol. The van der Waals surface area contributed by atoms with Crippen LogP contribution >= 0.6 is 22.9 Å². The Hall–Kier alpha value is -3.88. The summed E-state index contributed by atoms with van der Waals surface area (Å²) in [5.41, 5.74) is 3.40. The van der Waals surface area contributed by atoms with Gasteiger partial charge in [-0.1, -0.05) is 35.1 Å². The number of halogens is 1. The van der Waals surface area contributed by atoms with Gasteiger partial charge in [0.05, 0.1) is 34.0 Å². The van der Waals surface area contributed by atoms with Gasteiger partial charge in [-0.3, -0.25) is 14.5 Å². The minimum atomic E-state index is -0.990. The van der Waals surface area contributed by atoms with Crippen LogP contribution in [0.25, 0.3) is 16.0 Å². The van der Waals surface area contributed by atoms with Crippen molar-refractivity contribution in [2.75, 3.05) is 12.0 Å². The van der Waals surface area contributed by atoms with Gasteiger partial charge in [0.15, 0.2) is 5.13 Å². The zero-order valence-electron chi connectivity index (χ0n) is 19.6. The molecule has 0 bridgehead atoms. The van der Waals surface area contributed by atoms with Gasteiger partial charge in [-0.2, -0.15) is 0 Å². The number of benzene rings is 3. The first-order valence-electron chi connectivity index (χ1n) is 11.0. The van der Waals surface area contributed by atoms with Crippen LogP contribution in [0, 0.1) is 13.8 Å². The number of aromatic nitrogens is 1. The van der Waals surface area contributed by atoms with E-state index in [-0.39, 0.29) is 21.9 Å². The smallest absolute Gasteiger partial charge is 0.301 e. The molecule has 4 aromatic rings. The molecule has 2 heterocycles. The first-order valence-corrected chi connectivity index (χ1v) is 12.2. The molecule has 1 aliphatic rings. The van der Waals surface area contributed by atoms with E-state index in [9.17, 15) is 19.8 Å². The Labute approximate surface area is 215 Å². The monoisotopic (exact) mass is 520 g/mol. The molecule has 1 saturated heterocycles. The van der Waals surface area contributed by atoms with E-state index in [2.05, 4.69) is 4.98 Å². The van der Waals surface area contributed by atoms with E-state index in [1.807, 2.05) is 26.0 Å². The summed E-state index contributed by atoms with van der Waals surface area (Å²) in [5, 5.41) is 21.7. The van der Waals surface area contributed by atoms with Crippen LogP contribution in [0.3, 0.4) is 0 Å². The molecule has 1 fully saturated rings. The molecule has 5 rings (SSSR count). The van der Waals surface area contributed by atoms with Crippen LogP contribution in [0.5, 0.6) is 11.5 Å². The SMILES string of the molecule is COc1ccc(Cl)c(/C(O)=C2\C(=O)C(=O)N(c3nc4cc(C)c(C)cc4s3)C2c2ccc(O)cc2)c1. The number of phenolic OH excluding ortho intramolecular Hbond substituents is 1. The second-order valence-corrected chi connectivity index (χ2v) is 9.92. The fourth-order valence-corrected chi connectivity index (χ4v) is 5.51. The number of nitrogens with zero attached hydrogens (tertiary/aromatic N) is 2. The molecule has 182 valence electrons. The highest BCUT2D eigenvalue weighted by molar-refractivity contribution is 7.22. The molecule has 0 aliphatic carbocycles. The lowest BCUT2D eigenvalue weighted by molar-refractivity contribution is -0.132. The number of fused-ring (bicyclic) bond motifs is 1. The highest BCUT2D eigenvalue weighted by Gasteiger charge is 2.48. The fraction of sp³-hybridized carbons (Fsp3) is 0.148. The second kappa shape index (κ2) is 8.96. The summed E-state index contributed by atoms with van der Waals surface area (Å²) in [6.07, 6.45) is 0.